The molecule has 0 spiro atoms. The Kier molecular flexibility index (Phi) is 11.8. The van der Waals surface area contributed by atoms with E-state index in [1.54, 1.807) is 18.2 Å². The van der Waals surface area contributed by atoms with Gasteiger partial charge in [-0.25, -0.2) is 9.78 Å². The van der Waals surface area contributed by atoms with Gasteiger partial charge in [0.15, 0.2) is 5.58 Å². The SMILES string of the molecule is CCC(C)CCSCCSCCOc1cc2cc(-c3ccoc3)c(=O)oc2cn1.O=CO. The molecule has 0 radical (unpaired) electrons. The molecule has 1 atom stereocenters. The largest absolute Gasteiger partial charge is 0.483 e. The number of carboxylic acid groups (broad SMARTS) is 1. The van der Waals surface area contributed by atoms with E-state index < -0.39 is 5.63 Å². The number of ether oxygens (including phenoxy) is 1. The molecule has 0 saturated heterocycles. The lowest BCUT2D eigenvalue weighted by molar-refractivity contribution is -0.122. The summed E-state index contributed by atoms with van der Waals surface area (Å²) < 4.78 is 16.2. The van der Waals surface area contributed by atoms with E-state index in [1.807, 2.05) is 23.5 Å². The van der Waals surface area contributed by atoms with Gasteiger partial charge in [-0.3, -0.25) is 4.79 Å². The zero-order valence-electron chi connectivity index (χ0n) is 18.3. The maximum absolute atomic E-state index is 12.1. The van der Waals surface area contributed by atoms with E-state index in [9.17, 15) is 4.79 Å². The highest BCUT2D eigenvalue weighted by atomic mass is 32.2. The average Bonchev–Trinajstić information content (AvgIpc) is 3.32. The molecule has 3 aromatic rings. The van der Waals surface area contributed by atoms with Gasteiger partial charge < -0.3 is 18.7 Å². The molecule has 1 N–H and O–H groups in total. The van der Waals surface area contributed by atoms with Crippen molar-refractivity contribution < 1.29 is 23.5 Å². The maximum Gasteiger partial charge on any atom is 0.344 e. The van der Waals surface area contributed by atoms with Crippen molar-refractivity contribution in [2.75, 3.05) is 29.6 Å². The van der Waals surface area contributed by atoms with Crippen molar-refractivity contribution >= 4 is 41.0 Å². The maximum atomic E-state index is 12.1. The molecule has 0 saturated carbocycles. The van der Waals surface area contributed by atoms with Crippen molar-refractivity contribution in [3.63, 3.8) is 0 Å². The van der Waals surface area contributed by atoms with Crippen LogP contribution in [-0.2, 0) is 4.79 Å². The minimum absolute atomic E-state index is 0.250. The topological polar surface area (TPSA) is 103 Å². The fraction of sp³-hybridized carbons (Fsp3) is 0.435. The summed E-state index contributed by atoms with van der Waals surface area (Å²) in [5.74, 6) is 5.87. The first kappa shape index (κ1) is 25.9. The van der Waals surface area contributed by atoms with Gasteiger partial charge in [0.2, 0.25) is 5.88 Å². The number of aromatic nitrogens is 1. The van der Waals surface area contributed by atoms with Crippen LogP contribution < -0.4 is 10.4 Å². The van der Waals surface area contributed by atoms with Crippen LogP contribution in [0, 0.1) is 5.92 Å². The molecule has 3 rings (SSSR count). The van der Waals surface area contributed by atoms with Gasteiger partial charge in [-0.15, -0.1) is 0 Å². The van der Waals surface area contributed by atoms with E-state index in [0.717, 1.165) is 22.8 Å². The van der Waals surface area contributed by atoms with Crippen LogP contribution in [-0.4, -0.2) is 46.2 Å². The first-order chi connectivity index (χ1) is 15.6. The van der Waals surface area contributed by atoms with E-state index in [0.29, 0.717) is 29.2 Å². The molecule has 0 amide bonds. The standard InChI is InChI=1S/C22H27NO4S2.CH2O2/c1-3-16(2)5-8-28-10-11-29-9-7-26-21-13-18-12-19(17-4-6-25-15-17)22(24)27-20(18)14-23-21;2-1-3/h4,6,12-16H,3,5,7-11H2,1-2H3;1H,(H,2,3). The van der Waals surface area contributed by atoms with Gasteiger partial charge in [-0.2, -0.15) is 23.5 Å². The Bertz CT molecular complexity index is 990. The molecule has 3 aromatic heterocycles. The van der Waals surface area contributed by atoms with Gasteiger partial charge in [0.25, 0.3) is 6.47 Å². The highest BCUT2D eigenvalue weighted by Gasteiger charge is 2.10. The Morgan fingerprint density at radius 1 is 1.22 bits per heavy atom. The van der Waals surface area contributed by atoms with Crippen LogP contribution in [0.4, 0.5) is 0 Å². The molecule has 0 aliphatic rings. The number of pyridine rings is 1. The molecule has 0 aromatic carbocycles. The lowest BCUT2D eigenvalue weighted by Gasteiger charge is -2.08. The molecule has 32 heavy (non-hydrogen) atoms. The zero-order chi connectivity index (χ0) is 23.2. The lowest BCUT2D eigenvalue weighted by atomic mass is 10.1. The van der Waals surface area contributed by atoms with Crippen LogP contribution in [0.25, 0.3) is 22.1 Å². The Hall–Kier alpha value is -2.39. The lowest BCUT2D eigenvalue weighted by Crippen LogP contribution is -2.04. The third-order valence-electron chi connectivity index (χ3n) is 4.73. The molecule has 0 aliphatic carbocycles. The van der Waals surface area contributed by atoms with Crippen LogP contribution in [0.3, 0.4) is 0 Å². The predicted octanol–water partition coefficient (Wildman–Crippen LogP) is 5.43. The molecular weight excluding hydrogens is 450 g/mol. The third-order valence-corrected chi connectivity index (χ3v) is 6.95. The van der Waals surface area contributed by atoms with Gasteiger partial charge in [-0.05, 0) is 30.2 Å². The van der Waals surface area contributed by atoms with Crippen molar-refractivity contribution in [1.82, 2.24) is 4.98 Å². The van der Waals surface area contributed by atoms with Crippen LogP contribution >= 0.6 is 23.5 Å². The van der Waals surface area contributed by atoms with Crippen LogP contribution in [0.15, 0.2) is 50.6 Å². The first-order valence-corrected chi connectivity index (χ1v) is 12.7. The normalized spacial score (nSPS) is 11.6. The number of fused-ring (bicyclic) bond motifs is 1. The molecule has 0 aliphatic heterocycles. The summed E-state index contributed by atoms with van der Waals surface area (Å²) in [7, 11) is 0. The third kappa shape index (κ3) is 8.63. The molecule has 0 bridgehead atoms. The monoisotopic (exact) mass is 479 g/mol. The van der Waals surface area contributed by atoms with Crippen molar-refractivity contribution in [2.45, 2.75) is 26.7 Å². The Labute approximate surface area is 195 Å². The van der Waals surface area contributed by atoms with Gasteiger partial charge >= 0.3 is 5.63 Å². The number of rotatable bonds is 12. The van der Waals surface area contributed by atoms with Crippen LogP contribution in [0.5, 0.6) is 5.88 Å². The molecule has 3 heterocycles. The van der Waals surface area contributed by atoms with Crippen LogP contribution in [0.1, 0.15) is 26.7 Å². The first-order valence-electron chi connectivity index (χ1n) is 10.4. The second kappa shape index (κ2) is 14.6. The Morgan fingerprint density at radius 3 is 2.66 bits per heavy atom. The summed E-state index contributed by atoms with van der Waals surface area (Å²) in [6.45, 7) is 4.93. The van der Waals surface area contributed by atoms with Gasteiger partial charge in [0.1, 0.15) is 0 Å². The van der Waals surface area contributed by atoms with E-state index in [-0.39, 0.29) is 6.47 Å². The minimum Gasteiger partial charge on any atom is -0.483 e. The summed E-state index contributed by atoms with van der Waals surface area (Å²) in [5.41, 5.74) is 1.19. The summed E-state index contributed by atoms with van der Waals surface area (Å²) in [4.78, 5) is 24.7. The zero-order valence-corrected chi connectivity index (χ0v) is 20.0. The van der Waals surface area contributed by atoms with Gasteiger partial charge in [0, 0.05) is 34.3 Å². The number of nitrogens with zero attached hydrogens (tertiary/aromatic N) is 1. The van der Waals surface area contributed by atoms with E-state index in [4.69, 9.17) is 23.5 Å². The van der Waals surface area contributed by atoms with Crippen molar-refractivity contribution in [3.8, 4) is 17.0 Å². The smallest absolute Gasteiger partial charge is 0.344 e. The minimum atomic E-state index is -0.409. The quantitative estimate of drug-likeness (QED) is 0.269. The van der Waals surface area contributed by atoms with Crippen LogP contribution in [0.2, 0.25) is 0 Å². The highest BCUT2D eigenvalue weighted by Crippen LogP contribution is 2.23. The fourth-order valence-corrected chi connectivity index (χ4v) is 4.84. The number of hydrogen-bond donors (Lipinski definition) is 1. The predicted molar refractivity (Wildman–Crippen MR) is 131 cm³/mol. The number of hydrogen-bond acceptors (Lipinski definition) is 8. The number of carbonyl (C=O) groups is 1. The number of thioether (sulfide) groups is 2. The second-order valence-corrected chi connectivity index (χ2v) is 9.45. The van der Waals surface area contributed by atoms with E-state index in [2.05, 4.69) is 18.8 Å². The van der Waals surface area contributed by atoms with E-state index in [1.165, 1.54) is 43.1 Å². The molecule has 7 nitrogen and oxygen atoms in total. The van der Waals surface area contributed by atoms with Crippen molar-refractivity contribution in [2.24, 2.45) is 5.92 Å². The number of furan rings is 1. The van der Waals surface area contributed by atoms with Crippen molar-refractivity contribution in [1.29, 1.82) is 0 Å². The second-order valence-electron chi connectivity index (χ2n) is 7.00. The summed E-state index contributed by atoms with van der Waals surface area (Å²) in [6, 6.07) is 5.32. The fourth-order valence-electron chi connectivity index (χ4n) is 2.72. The molecule has 9 heteroatoms. The van der Waals surface area contributed by atoms with E-state index >= 15 is 0 Å². The highest BCUT2D eigenvalue weighted by molar-refractivity contribution is 8.02. The Morgan fingerprint density at radius 2 is 1.97 bits per heavy atom. The average molecular weight is 480 g/mol. The molecule has 1 unspecified atom stereocenters. The Balaban J connectivity index is 0.00000114. The summed E-state index contributed by atoms with van der Waals surface area (Å²) >= 11 is 3.94. The molecule has 174 valence electrons. The summed E-state index contributed by atoms with van der Waals surface area (Å²) in [6.07, 6.45) is 7.17. The van der Waals surface area contributed by atoms with Gasteiger partial charge in [0.05, 0.1) is 30.9 Å². The van der Waals surface area contributed by atoms with Gasteiger partial charge in [-0.1, -0.05) is 20.3 Å². The molecular formula is C23H29NO6S2. The van der Waals surface area contributed by atoms with Crippen molar-refractivity contribution in [3.05, 3.63) is 47.3 Å². The molecule has 0 fully saturated rings. The summed E-state index contributed by atoms with van der Waals surface area (Å²) in [5, 5.41) is 7.66.